The largest absolute Gasteiger partial charge is 0.480 e. The smallest absolute Gasteiger partial charge is 0.330 e. The van der Waals surface area contributed by atoms with E-state index >= 15 is 0 Å². The lowest BCUT2D eigenvalue weighted by Gasteiger charge is -2.27. The highest BCUT2D eigenvalue weighted by Crippen LogP contribution is 2.43. The SMILES string of the molecule is O=C(O)C1C(n2c(=O)[nH]c3sccc3c2=O)c2cc(Cl)ccc2N1Cc1ccccc1. The molecule has 31 heavy (non-hydrogen) atoms. The third-order valence-corrected chi connectivity index (χ3v) is 6.60. The van der Waals surface area contributed by atoms with Crippen molar-refractivity contribution >= 4 is 44.8 Å². The van der Waals surface area contributed by atoms with Crippen LogP contribution in [0.4, 0.5) is 5.69 Å². The number of benzene rings is 2. The number of hydrogen-bond acceptors (Lipinski definition) is 5. The molecule has 0 bridgehead atoms. The second kappa shape index (κ2) is 7.40. The fraction of sp³-hybridized carbons (Fsp3) is 0.136. The fourth-order valence-corrected chi connectivity index (χ4v) is 5.18. The lowest BCUT2D eigenvalue weighted by atomic mass is 10.0. The van der Waals surface area contributed by atoms with Crippen LogP contribution in [-0.4, -0.2) is 26.7 Å². The molecule has 4 aromatic rings. The molecule has 156 valence electrons. The van der Waals surface area contributed by atoms with E-state index in [0.717, 1.165) is 10.1 Å². The number of carbonyl (C=O) groups is 1. The zero-order valence-corrected chi connectivity index (χ0v) is 17.6. The minimum atomic E-state index is -1.16. The molecule has 1 aliphatic rings. The van der Waals surface area contributed by atoms with E-state index in [-0.39, 0.29) is 0 Å². The number of thiophene rings is 1. The van der Waals surface area contributed by atoms with Crippen LogP contribution in [0.1, 0.15) is 17.2 Å². The molecule has 0 saturated carbocycles. The Balaban J connectivity index is 1.76. The maximum atomic E-state index is 13.2. The number of fused-ring (bicyclic) bond motifs is 2. The fourth-order valence-electron chi connectivity index (χ4n) is 4.23. The number of nitrogens with one attached hydrogen (secondary N) is 1. The van der Waals surface area contributed by atoms with E-state index in [1.54, 1.807) is 34.5 Å². The van der Waals surface area contributed by atoms with Crippen molar-refractivity contribution in [3.63, 3.8) is 0 Å². The van der Waals surface area contributed by atoms with Gasteiger partial charge in [0.2, 0.25) is 0 Å². The van der Waals surface area contributed by atoms with Crippen molar-refractivity contribution in [2.75, 3.05) is 4.90 Å². The van der Waals surface area contributed by atoms with Crippen molar-refractivity contribution in [2.45, 2.75) is 18.6 Å². The number of halogens is 1. The Morgan fingerprint density at radius 1 is 1.13 bits per heavy atom. The predicted octanol–water partition coefficient (Wildman–Crippen LogP) is 3.47. The average molecular weight is 454 g/mol. The number of aromatic amines is 1. The molecule has 5 rings (SSSR count). The summed E-state index contributed by atoms with van der Waals surface area (Å²) in [6.45, 7) is 0.302. The Morgan fingerprint density at radius 3 is 2.65 bits per heavy atom. The Hall–Kier alpha value is -3.36. The summed E-state index contributed by atoms with van der Waals surface area (Å²) in [6, 6.07) is 13.9. The van der Waals surface area contributed by atoms with Crippen LogP contribution in [0, 0.1) is 0 Å². The monoisotopic (exact) mass is 453 g/mol. The third-order valence-electron chi connectivity index (χ3n) is 5.53. The number of rotatable bonds is 4. The molecule has 2 aromatic heterocycles. The summed E-state index contributed by atoms with van der Waals surface area (Å²) in [5.41, 5.74) is 0.887. The van der Waals surface area contributed by atoms with Gasteiger partial charge in [0.05, 0.1) is 11.4 Å². The van der Waals surface area contributed by atoms with E-state index in [0.29, 0.717) is 33.0 Å². The van der Waals surface area contributed by atoms with Crippen LogP contribution >= 0.6 is 22.9 Å². The summed E-state index contributed by atoms with van der Waals surface area (Å²) in [5.74, 6) is -1.13. The molecule has 2 N–H and O–H groups in total. The van der Waals surface area contributed by atoms with E-state index in [4.69, 9.17) is 11.6 Å². The minimum absolute atomic E-state index is 0.302. The third kappa shape index (κ3) is 3.15. The van der Waals surface area contributed by atoms with Gasteiger partial charge in [0.25, 0.3) is 5.56 Å². The summed E-state index contributed by atoms with van der Waals surface area (Å²) in [5, 5.41) is 12.6. The van der Waals surface area contributed by atoms with Crippen LogP contribution in [0.5, 0.6) is 0 Å². The minimum Gasteiger partial charge on any atom is -0.480 e. The first-order chi connectivity index (χ1) is 15.0. The number of carboxylic acids is 1. The van der Waals surface area contributed by atoms with Crippen LogP contribution in [0.3, 0.4) is 0 Å². The van der Waals surface area contributed by atoms with Crippen molar-refractivity contribution in [3.8, 4) is 0 Å². The number of aliphatic carboxylic acids is 1. The maximum Gasteiger partial charge on any atom is 0.330 e. The average Bonchev–Trinajstić information content (AvgIpc) is 3.32. The molecule has 2 unspecified atom stereocenters. The zero-order valence-electron chi connectivity index (χ0n) is 16.0. The highest BCUT2D eigenvalue weighted by Gasteiger charge is 2.45. The van der Waals surface area contributed by atoms with E-state index < -0.39 is 29.3 Å². The molecular formula is C22H16ClN3O4S. The summed E-state index contributed by atoms with van der Waals surface area (Å²) < 4.78 is 1.01. The van der Waals surface area contributed by atoms with Gasteiger partial charge in [-0.3, -0.25) is 9.78 Å². The Kier molecular flexibility index (Phi) is 4.68. The van der Waals surface area contributed by atoms with Crippen molar-refractivity contribution in [1.29, 1.82) is 0 Å². The summed E-state index contributed by atoms with van der Waals surface area (Å²) >= 11 is 7.48. The van der Waals surface area contributed by atoms with Gasteiger partial charge < -0.3 is 10.0 Å². The topological polar surface area (TPSA) is 95.4 Å². The normalized spacial score (nSPS) is 17.8. The lowest BCUT2D eigenvalue weighted by Crippen LogP contribution is -2.48. The van der Waals surface area contributed by atoms with E-state index in [1.807, 2.05) is 30.3 Å². The molecule has 1 aliphatic heterocycles. The van der Waals surface area contributed by atoms with Gasteiger partial charge in [-0.25, -0.2) is 14.2 Å². The van der Waals surface area contributed by atoms with Crippen molar-refractivity contribution in [3.05, 3.63) is 97.0 Å². The van der Waals surface area contributed by atoms with Crippen molar-refractivity contribution in [2.24, 2.45) is 0 Å². The van der Waals surface area contributed by atoms with Gasteiger partial charge in [-0.1, -0.05) is 41.9 Å². The van der Waals surface area contributed by atoms with Gasteiger partial charge in [-0.15, -0.1) is 11.3 Å². The molecule has 9 heteroatoms. The lowest BCUT2D eigenvalue weighted by molar-refractivity contribution is -0.139. The van der Waals surface area contributed by atoms with Crippen LogP contribution in [0.15, 0.2) is 69.6 Å². The van der Waals surface area contributed by atoms with Crippen LogP contribution in [-0.2, 0) is 11.3 Å². The second-order valence-electron chi connectivity index (χ2n) is 7.31. The summed E-state index contributed by atoms with van der Waals surface area (Å²) in [4.78, 5) is 43.5. The summed E-state index contributed by atoms with van der Waals surface area (Å²) in [6.07, 6.45) is 0. The number of carboxylic acid groups (broad SMARTS) is 1. The first-order valence-corrected chi connectivity index (χ1v) is 10.8. The molecule has 2 aromatic carbocycles. The van der Waals surface area contributed by atoms with Gasteiger partial charge >= 0.3 is 11.7 Å². The Labute approximate surface area is 184 Å². The predicted molar refractivity (Wildman–Crippen MR) is 120 cm³/mol. The number of nitrogens with zero attached hydrogens (tertiary/aromatic N) is 2. The zero-order chi connectivity index (χ0) is 21.7. The quantitative estimate of drug-likeness (QED) is 0.493. The molecule has 7 nitrogen and oxygen atoms in total. The molecule has 0 saturated heterocycles. The molecule has 0 aliphatic carbocycles. The van der Waals surface area contributed by atoms with Gasteiger partial charge in [-0.2, -0.15) is 0 Å². The van der Waals surface area contributed by atoms with Crippen molar-refractivity contribution in [1.82, 2.24) is 9.55 Å². The van der Waals surface area contributed by atoms with E-state index in [2.05, 4.69) is 4.98 Å². The number of H-pyrrole nitrogens is 1. The van der Waals surface area contributed by atoms with Crippen LogP contribution in [0.2, 0.25) is 5.02 Å². The number of aromatic nitrogens is 2. The highest BCUT2D eigenvalue weighted by molar-refractivity contribution is 7.16. The molecule has 0 radical (unpaired) electrons. The van der Waals surface area contributed by atoms with Crippen LogP contribution < -0.4 is 16.1 Å². The van der Waals surface area contributed by atoms with Gasteiger partial charge in [0.15, 0.2) is 6.04 Å². The van der Waals surface area contributed by atoms with Gasteiger partial charge in [0, 0.05) is 22.8 Å². The standard InChI is InChI=1S/C22H16ClN3O4S/c23-13-6-7-16-15(10-13)17(26-20(27)14-8-9-31-19(14)24-22(26)30)18(21(28)29)25(16)11-12-4-2-1-3-5-12/h1-10,17-18H,11H2,(H,24,30)(H,28,29). The molecule has 0 fully saturated rings. The number of anilines is 1. The van der Waals surface area contributed by atoms with E-state index in [1.165, 1.54) is 11.3 Å². The van der Waals surface area contributed by atoms with Gasteiger partial charge in [0.1, 0.15) is 4.83 Å². The first kappa shape index (κ1) is 19.6. The van der Waals surface area contributed by atoms with Gasteiger partial charge in [-0.05, 0) is 35.2 Å². The van der Waals surface area contributed by atoms with Crippen molar-refractivity contribution < 1.29 is 9.90 Å². The highest BCUT2D eigenvalue weighted by atomic mass is 35.5. The Morgan fingerprint density at radius 2 is 1.90 bits per heavy atom. The summed E-state index contributed by atoms with van der Waals surface area (Å²) in [7, 11) is 0. The Bertz CT molecular complexity index is 1430. The first-order valence-electron chi connectivity index (χ1n) is 9.50. The molecule has 2 atom stereocenters. The molecular weight excluding hydrogens is 438 g/mol. The molecule has 3 heterocycles. The second-order valence-corrected chi connectivity index (χ2v) is 8.67. The molecule has 0 amide bonds. The molecule has 0 spiro atoms. The maximum absolute atomic E-state index is 13.2. The van der Waals surface area contributed by atoms with E-state index in [9.17, 15) is 19.5 Å². The van der Waals surface area contributed by atoms with Crippen LogP contribution in [0.25, 0.3) is 10.2 Å². The number of hydrogen-bond donors (Lipinski definition) is 2.